The van der Waals surface area contributed by atoms with Gasteiger partial charge in [0.2, 0.25) is 0 Å². The molecule has 2 rings (SSSR count). The monoisotopic (exact) mass is 611 g/mol. The smallest absolute Gasteiger partial charge is 0.122 e. The van der Waals surface area contributed by atoms with Crippen LogP contribution < -0.4 is 4.74 Å². The molecule has 2 aromatic carbocycles. The lowest BCUT2D eigenvalue weighted by Crippen LogP contribution is -2.14. The van der Waals surface area contributed by atoms with Crippen LogP contribution in [0.4, 0.5) is 0 Å². The van der Waals surface area contributed by atoms with Gasteiger partial charge >= 0.3 is 0 Å². The third kappa shape index (κ3) is 26.6. The predicted molar refractivity (Wildman–Crippen MR) is 198 cm³/mol. The molecule has 0 spiro atoms. The summed E-state index contributed by atoms with van der Waals surface area (Å²) in [5.41, 5.74) is 6.97. The maximum absolute atomic E-state index is 5.80. The van der Waals surface area contributed by atoms with E-state index in [1.807, 2.05) is 0 Å². The molecule has 0 aliphatic heterocycles. The minimum Gasteiger partial charge on any atom is -0.493 e. The second kappa shape index (κ2) is 27.5. The standard InChI is InChI=1S/C17H36O.C16H26O.C9H12/c1-5-6-7-8-9-10-11-12-13-14-15-18-16-17(2,3)4;1-4-5-6-7-8-9-12-17-16-11-10-14(2)13-15(16)3;1-7-4-5-8(2)9(3)6-7/h5-16H2,1-4H3;10-11,13H,4-9,12H2,1-3H3;4-6H,1-3H3. The lowest BCUT2D eigenvalue weighted by molar-refractivity contribution is 0.0686. The molecule has 2 aromatic rings. The van der Waals surface area contributed by atoms with Crippen molar-refractivity contribution in [2.45, 2.75) is 172 Å². The van der Waals surface area contributed by atoms with Gasteiger partial charge in [0, 0.05) is 6.61 Å². The Morgan fingerprint density at radius 1 is 0.477 bits per heavy atom. The normalized spacial score (nSPS) is 11.0. The van der Waals surface area contributed by atoms with Crippen LogP contribution in [0.3, 0.4) is 0 Å². The first-order valence-corrected chi connectivity index (χ1v) is 18.3. The Balaban J connectivity index is 0.000000662. The van der Waals surface area contributed by atoms with Crippen molar-refractivity contribution in [3.63, 3.8) is 0 Å². The van der Waals surface area contributed by atoms with E-state index in [-0.39, 0.29) is 0 Å². The summed E-state index contributed by atoms with van der Waals surface area (Å²) in [6.45, 7) is 24.5. The summed E-state index contributed by atoms with van der Waals surface area (Å²) in [7, 11) is 0. The zero-order chi connectivity index (χ0) is 33.1. The minimum atomic E-state index is 0.318. The van der Waals surface area contributed by atoms with Gasteiger partial charge in [-0.05, 0) is 75.6 Å². The maximum atomic E-state index is 5.80. The number of benzene rings is 2. The topological polar surface area (TPSA) is 18.5 Å². The molecule has 0 saturated heterocycles. The van der Waals surface area contributed by atoms with Gasteiger partial charge in [0.25, 0.3) is 0 Å². The number of unbranched alkanes of at least 4 members (excludes halogenated alkanes) is 14. The average Bonchev–Trinajstić information content (AvgIpc) is 2.96. The summed E-state index contributed by atoms with van der Waals surface area (Å²) in [5.74, 6) is 1.05. The highest BCUT2D eigenvalue weighted by Gasteiger charge is 2.09. The van der Waals surface area contributed by atoms with Gasteiger partial charge in [0.05, 0.1) is 13.2 Å². The van der Waals surface area contributed by atoms with Crippen molar-refractivity contribution in [1.82, 2.24) is 0 Å². The van der Waals surface area contributed by atoms with E-state index in [1.54, 1.807) is 0 Å². The minimum absolute atomic E-state index is 0.318. The molecule has 0 atom stereocenters. The first-order chi connectivity index (χ1) is 21.0. The van der Waals surface area contributed by atoms with Gasteiger partial charge in [-0.25, -0.2) is 0 Å². The summed E-state index contributed by atoms with van der Waals surface area (Å²) >= 11 is 0. The summed E-state index contributed by atoms with van der Waals surface area (Å²) in [5, 5.41) is 0. The fraction of sp³-hybridized carbons (Fsp3) is 0.714. The zero-order valence-corrected chi connectivity index (χ0v) is 31.2. The fourth-order valence-electron chi connectivity index (χ4n) is 4.99. The maximum Gasteiger partial charge on any atom is 0.122 e. The second-order valence-electron chi connectivity index (χ2n) is 14.3. The van der Waals surface area contributed by atoms with Gasteiger partial charge in [-0.2, -0.15) is 0 Å². The lowest BCUT2D eigenvalue weighted by Gasteiger charge is -2.17. The third-order valence-electron chi connectivity index (χ3n) is 7.93. The van der Waals surface area contributed by atoms with Gasteiger partial charge in [-0.15, -0.1) is 0 Å². The molecular formula is C42H74O2. The van der Waals surface area contributed by atoms with Crippen molar-refractivity contribution in [3.05, 3.63) is 64.2 Å². The van der Waals surface area contributed by atoms with E-state index >= 15 is 0 Å². The number of aryl methyl sites for hydroxylation is 5. The molecule has 0 amide bonds. The first kappa shape index (κ1) is 42.2. The quantitative estimate of drug-likeness (QED) is 0.139. The van der Waals surface area contributed by atoms with Gasteiger partial charge in [-0.3, -0.25) is 0 Å². The number of ether oxygens (including phenoxy) is 2. The van der Waals surface area contributed by atoms with Crippen LogP contribution in [0.15, 0.2) is 36.4 Å². The lowest BCUT2D eigenvalue weighted by atomic mass is 9.99. The molecule has 0 radical (unpaired) electrons. The van der Waals surface area contributed by atoms with E-state index in [1.165, 1.54) is 131 Å². The Kier molecular flexibility index (Phi) is 26.4. The number of rotatable bonds is 20. The van der Waals surface area contributed by atoms with Crippen molar-refractivity contribution in [1.29, 1.82) is 0 Å². The van der Waals surface area contributed by atoms with E-state index in [0.29, 0.717) is 5.41 Å². The number of hydrogen-bond acceptors (Lipinski definition) is 2. The molecular weight excluding hydrogens is 536 g/mol. The molecule has 0 fully saturated rings. The molecule has 0 heterocycles. The highest BCUT2D eigenvalue weighted by Crippen LogP contribution is 2.19. The van der Waals surface area contributed by atoms with E-state index in [4.69, 9.17) is 9.47 Å². The largest absolute Gasteiger partial charge is 0.493 e. The van der Waals surface area contributed by atoms with Crippen LogP contribution in [0, 0.1) is 40.0 Å². The average molecular weight is 611 g/mol. The fourth-order valence-corrected chi connectivity index (χ4v) is 4.99. The highest BCUT2D eigenvalue weighted by molar-refractivity contribution is 5.35. The summed E-state index contributed by atoms with van der Waals surface area (Å²) in [4.78, 5) is 0. The molecule has 0 aliphatic carbocycles. The summed E-state index contributed by atoms with van der Waals surface area (Å²) in [6.07, 6.45) is 21.8. The van der Waals surface area contributed by atoms with Crippen molar-refractivity contribution in [2.24, 2.45) is 5.41 Å². The van der Waals surface area contributed by atoms with Crippen molar-refractivity contribution in [2.75, 3.05) is 19.8 Å². The van der Waals surface area contributed by atoms with Gasteiger partial charge in [-0.1, -0.05) is 166 Å². The van der Waals surface area contributed by atoms with Crippen LogP contribution in [0.2, 0.25) is 0 Å². The van der Waals surface area contributed by atoms with Crippen LogP contribution in [0.5, 0.6) is 5.75 Å². The van der Waals surface area contributed by atoms with Crippen LogP contribution in [0.25, 0.3) is 0 Å². The van der Waals surface area contributed by atoms with Crippen molar-refractivity contribution >= 4 is 0 Å². The Labute approximate surface area is 276 Å². The molecule has 0 aromatic heterocycles. The Hall–Kier alpha value is -1.80. The van der Waals surface area contributed by atoms with E-state index in [0.717, 1.165) is 25.6 Å². The van der Waals surface area contributed by atoms with Gasteiger partial charge in [0.1, 0.15) is 5.75 Å². The zero-order valence-electron chi connectivity index (χ0n) is 31.2. The van der Waals surface area contributed by atoms with Crippen LogP contribution in [0.1, 0.15) is 165 Å². The van der Waals surface area contributed by atoms with E-state index in [9.17, 15) is 0 Å². The highest BCUT2D eigenvalue weighted by atomic mass is 16.5. The molecule has 0 unspecified atom stereocenters. The van der Waals surface area contributed by atoms with E-state index in [2.05, 4.69) is 106 Å². The Bertz CT molecular complexity index is 924. The van der Waals surface area contributed by atoms with Crippen molar-refractivity contribution in [3.8, 4) is 5.75 Å². The Morgan fingerprint density at radius 3 is 1.34 bits per heavy atom. The summed E-state index contributed by atoms with van der Waals surface area (Å²) < 4.78 is 11.5. The molecule has 44 heavy (non-hydrogen) atoms. The molecule has 0 aliphatic rings. The van der Waals surface area contributed by atoms with Crippen molar-refractivity contribution < 1.29 is 9.47 Å². The molecule has 2 nitrogen and oxygen atoms in total. The third-order valence-corrected chi connectivity index (χ3v) is 7.93. The molecule has 0 saturated carbocycles. The van der Waals surface area contributed by atoms with Crippen LogP contribution in [-0.4, -0.2) is 19.8 Å². The molecule has 0 N–H and O–H groups in total. The molecule has 2 heteroatoms. The summed E-state index contributed by atoms with van der Waals surface area (Å²) in [6, 6.07) is 12.9. The second-order valence-corrected chi connectivity index (χ2v) is 14.3. The Morgan fingerprint density at radius 2 is 0.909 bits per heavy atom. The first-order valence-electron chi connectivity index (χ1n) is 18.3. The van der Waals surface area contributed by atoms with Gasteiger partial charge in [0.15, 0.2) is 0 Å². The van der Waals surface area contributed by atoms with Crippen LogP contribution in [-0.2, 0) is 4.74 Å². The van der Waals surface area contributed by atoms with Crippen LogP contribution >= 0.6 is 0 Å². The van der Waals surface area contributed by atoms with Gasteiger partial charge < -0.3 is 9.47 Å². The molecule has 254 valence electrons. The number of hydrogen-bond donors (Lipinski definition) is 0. The van der Waals surface area contributed by atoms with E-state index < -0.39 is 0 Å². The molecule has 0 bridgehead atoms. The SMILES string of the molecule is CCCCCCCCCCCCOCC(C)(C)C.CCCCCCCCOc1ccc(C)cc1C.Cc1ccc(C)c(C)c1. The predicted octanol–water partition coefficient (Wildman–Crippen LogP) is 13.6.